The summed E-state index contributed by atoms with van der Waals surface area (Å²) in [5.74, 6) is -0.450. The topological polar surface area (TPSA) is 76.1 Å². The summed E-state index contributed by atoms with van der Waals surface area (Å²) in [6.07, 6.45) is 0.168. The van der Waals surface area contributed by atoms with Crippen LogP contribution in [0.3, 0.4) is 0 Å². The zero-order chi connectivity index (χ0) is 12.7. The van der Waals surface area contributed by atoms with Gasteiger partial charge in [0.1, 0.15) is 0 Å². The number of ether oxygens (including phenoxy) is 2. The van der Waals surface area contributed by atoms with Gasteiger partial charge < -0.3 is 14.6 Å². The quantitative estimate of drug-likeness (QED) is 0.336. The number of likely N-dealkylation sites (tertiary alicyclic amines) is 1. The van der Waals surface area contributed by atoms with Crippen molar-refractivity contribution in [3.05, 3.63) is 0 Å². The van der Waals surface area contributed by atoms with Crippen LogP contribution in [0.5, 0.6) is 0 Å². The summed E-state index contributed by atoms with van der Waals surface area (Å²) in [5.41, 5.74) is 0. The molecule has 0 aromatic rings. The number of aliphatic hydroxyl groups is 1. The van der Waals surface area contributed by atoms with Gasteiger partial charge in [0.2, 0.25) is 11.8 Å². The number of carbonyl (C=O) groups excluding carboxylic acids is 2. The third kappa shape index (κ3) is 4.63. The van der Waals surface area contributed by atoms with Gasteiger partial charge in [-0.1, -0.05) is 0 Å². The molecule has 0 saturated carbocycles. The second kappa shape index (κ2) is 7.65. The Morgan fingerprint density at radius 3 is 2.41 bits per heavy atom. The fraction of sp³-hybridized carbons (Fsp3) is 0.800. The molecule has 0 radical (unpaired) electrons. The van der Waals surface area contributed by atoms with Gasteiger partial charge in [0.05, 0.1) is 44.8 Å². The van der Waals surface area contributed by atoms with E-state index in [-0.39, 0.29) is 38.0 Å². The van der Waals surface area contributed by atoms with Gasteiger partial charge in [-0.25, -0.2) is 0 Å². The van der Waals surface area contributed by atoms with Gasteiger partial charge in [0.15, 0.2) is 0 Å². The van der Waals surface area contributed by atoms with Gasteiger partial charge in [-0.2, -0.15) is 12.6 Å². The fourth-order valence-corrected chi connectivity index (χ4v) is 1.74. The Hall–Kier alpha value is -0.630. The average molecular weight is 263 g/mol. The third-order valence-electron chi connectivity index (χ3n) is 2.29. The van der Waals surface area contributed by atoms with E-state index < -0.39 is 5.25 Å². The van der Waals surface area contributed by atoms with Crippen LogP contribution in [0.1, 0.15) is 6.42 Å². The zero-order valence-corrected chi connectivity index (χ0v) is 10.4. The molecule has 1 saturated heterocycles. The maximum atomic E-state index is 11.4. The Bertz CT molecular complexity index is 273. The Kier molecular flexibility index (Phi) is 6.49. The van der Waals surface area contributed by atoms with Gasteiger partial charge in [-0.15, -0.1) is 0 Å². The SMILES string of the molecule is O=C1CC(S)C(=O)N1CCOCCOCCO. The smallest absolute Gasteiger partial charge is 0.242 e. The zero-order valence-electron chi connectivity index (χ0n) is 9.50. The first kappa shape index (κ1) is 14.4. The van der Waals surface area contributed by atoms with Crippen molar-refractivity contribution in [2.75, 3.05) is 39.6 Å². The van der Waals surface area contributed by atoms with Crippen molar-refractivity contribution in [1.29, 1.82) is 0 Å². The van der Waals surface area contributed by atoms with Crippen LogP contribution < -0.4 is 0 Å². The molecule has 1 N–H and O–H groups in total. The van der Waals surface area contributed by atoms with Crippen LogP contribution in [0.15, 0.2) is 0 Å². The summed E-state index contributed by atoms with van der Waals surface area (Å²) < 4.78 is 10.2. The first-order valence-corrected chi connectivity index (χ1v) is 5.97. The van der Waals surface area contributed by atoms with Crippen LogP contribution in [-0.2, 0) is 19.1 Å². The molecule has 98 valence electrons. The van der Waals surface area contributed by atoms with Crippen molar-refractivity contribution in [2.45, 2.75) is 11.7 Å². The maximum absolute atomic E-state index is 11.4. The monoisotopic (exact) mass is 263 g/mol. The molecule has 0 aliphatic carbocycles. The minimum absolute atomic E-state index is 0.0138. The lowest BCUT2D eigenvalue weighted by Crippen LogP contribution is -2.34. The van der Waals surface area contributed by atoms with Gasteiger partial charge in [0, 0.05) is 6.42 Å². The summed E-state index contributed by atoms with van der Waals surface area (Å²) in [5, 5.41) is 7.94. The Morgan fingerprint density at radius 1 is 1.24 bits per heavy atom. The van der Waals surface area contributed by atoms with Crippen LogP contribution in [0.4, 0.5) is 0 Å². The molecule has 0 bridgehead atoms. The minimum atomic E-state index is -0.504. The molecule has 1 heterocycles. The van der Waals surface area contributed by atoms with E-state index in [1.807, 2.05) is 0 Å². The highest BCUT2D eigenvalue weighted by molar-refractivity contribution is 7.81. The van der Waals surface area contributed by atoms with E-state index in [0.717, 1.165) is 0 Å². The molecule has 17 heavy (non-hydrogen) atoms. The number of nitrogens with zero attached hydrogens (tertiary/aromatic N) is 1. The summed E-state index contributed by atoms with van der Waals surface area (Å²) in [7, 11) is 0. The molecule has 0 spiro atoms. The number of hydrogen-bond donors (Lipinski definition) is 2. The lowest BCUT2D eigenvalue weighted by Gasteiger charge is -2.13. The van der Waals surface area contributed by atoms with Gasteiger partial charge >= 0.3 is 0 Å². The van der Waals surface area contributed by atoms with Gasteiger partial charge in [-0.3, -0.25) is 14.5 Å². The van der Waals surface area contributed by atoms with Gasteiger partial charge in [0.25, 0.3) is 0 Å². The predicted octanol–water partition coefficient (Wildman–Crippen LogP) is -0.931. The summed E-state index contributed by atoms with van der Waals surface area (Å²) in [4.78, 5) is 24.0. The summed E-state index contributed by atoms with van der Waals surface area (Å²) >= 11 is 4.01. The predicted molar refractivity (Wildman–Crippen MR) is 62.8 cm³/mol. The van der Waals surface area contributed by atoms with E-state index in [1.54, 1.807) is 0 Å². The van der Waals surface area contributed by atoms with E-state index in [1.165, 1.54) is 4.90 Å². The molecule has 2 amide bonds. The first-order valence-electron chi connectivity index (χ1n) is 5.45. The number of hydrogen-bond acceptors (Lipinski definition) is 6. The summed E-state index contributed by atoms with van der Waals surface area (Å²) in [6, 6.07) is 0. The second-order valence-electron chi connectivity index (χ2n) is 3.55. The van der Waals surface area contributed by atoms with Crippen LogP contribution in [-0.4, -0.2) is 66.6 Å². The van der Waals surface area contributed by atoms with Crippen molar-refractivity contribution in [3.8, 4) is 0 Å². The van der Waals surface area contributed by atoms with Crippen molar-refractivity contribution < 1.29 is 24.2 Å². The lowest BCUT2D eigenvalue weighted by molar-refractivity contribution is -0.139. The number of carbonyl (C=O) groups is 2. The Labute approximate surface area is 105 Å². The van der Waals surface area contributed by atoms with Crippen molar-refractivity contribution in [2.24, 2.45) is 0 Å². The van der Waals surface area contributed by atoms with E-state index >= 15 is 0 Å². The molecule has 6 nitrogen and oxygen atoms in total. The Balaban J connectivity index is 2.06. The molecule has 1 fully saturated rings. The molecular weight excluding hydrogens is 246 g/mol. The Morgan fingerprint density at radius 2 is 1.88 bits per heavy atom. The minimum Gasteiger partial charge on any atom is -0.394 e. The van der Waals surface area contributed by atoms with Crippen LogP contribution in [0.2, 0.25) is 0 Å². The normalized spacial score (nSPS) is 20.4. The van der Waals surface area contributed by atoms with E-state index in [4.69, 9.17) is 14.6 Å². The van der Waals surface area contributed by atoms with Gasteiger partial charge in [-0.05, 0) is 0 Å². The number of amides is 2. The lowest BCUT2D eigenvalue weighted by atomic mass is 10.4. The largest absolute Gasteiger partial charge is 0.394 e. The summed E-state index contributed by atoms with van der Waals surface area (Å²) in [6.45, 7) is 1.58. The van der Waals surface area contributed by atoms with E-state index in [9.17, 15) is 9.59 Å². The second-order valence-corrected chi connectivity index (χ2v) is 4.18. The molecular formula is C10H17NO5S. The van der Waals surface area contributed by atoms with Crippen molar-refractivity contribution in [1.82, 2.24) is 4.90 Å². The maximum Gasteiger partial charge on any atom is 0.242 e. The average Bonchev–Trinajstić information content (AvgIpc) is 2.54. The van der Waals surface area contributed by atoms with E-state index in [0.29, 0.717) is 19.8 Å². The number of imide groups is 1. The molecule has 1 unspecified atom stereocenters. The fourth-order valence-electron chi connectivity index (χ4n) is 1.44. The highest BCUT2D eigenvalue weighted by Gasteiger charge is 2.35. The van der Waals surface area contributed by atoms with Crippen LogP contribution in [0.25, 0.3) is 0 Å². The molecule has 0 aromatic heterocycles. The number of aliphatic hydroxyl groups excluding tert-OH is 1. The van der Waals surface area contributed by atoms with Crippen LogP contribution in [0, 0.1) is 0 Å². The molecule has 1 aliphatic heterocycles. The molecule has 1 rings (SSSR count). The molecule has 1 atom stereocenters. The number of rotatable bonds is 8. The van der Waals surface area contributed by atoms with Crippen LogP contribution >= 0.6 is 12.6 Å². The highest BCUT2D eigenvalue weighted by atomic mass is 32.1. The standard InChI is InChI=1S/C10H17NO5S/c12-2-4-16-6-5-15-3-1-11-9(13)7-8(17)10(11)14/h8,12,17H,1-7H2. The molecule has 7 heteroatoms. The van der Waals surface area contributed by atoms with Crippen molar-refractivity contribution >= 4 is 24.4 Å². The van der Waals surface area contributed by atoms with E-state index in [2.05, 4.69) is 12.6 Å². The first-order chi connectivity index (χ1) is 8.16. The highest BCUT2D eigenvalue weighted by Crippen LogP contribution is 2.16. The molecule has 0 aromatic carbocycles. The van der Waals surface area contributed by atoms with Crippen molar-refractivity contribution in [3.63, 3.8) is 0 Å². The molecule has 1 aliphatic rings. The number of thiol groups is 1. The third-order valence-corrected chi connectivity index (χ3v) is 2.69.